The number of nitrogens with zero attached hydrogens (tertiary/aromatic N) is 2. The molecule has 0 bridgehead atoms. The number of hydrogen-bond donors (Lipinski definition) is 1. The number of hydrogen-bond acceptors (Lipinski definition) is 3. The number of aryl methyl sites for hydroxylation is 1. The topological polar surface area (TPSA) is 64.3 Å². The number of carbonyl (C=O) groups is 1. The van der Waals surface area contributed by atoms with Gasteiger partial charge < -0.3 is 14.4 Å². The van der Waals surface area contributed by atoms with Crippen LogP contribution in [0.3, 0.4) is 0 Å². The SMILES string of the molecule is O=C(O)CCn1c(C2CCOCC2)nc2ccccc21. The van der Waals surface area contributed by atoms with Gasteiger partial charge in [0.05, 0.1) is 17.5 Å². The van der Waals surface area contributed by atoms with Crippen LogP contribution in [0, 0.1) is 0 Å². The number of carboxylic acids is 1. The zero-order valence-corrected chi connectivity index (χ0v) is 11.3. The zero-order valence-electron chi connectivity index (χ0n) is 11.3. The molecule has 1 aromatic heterocycles. The lowest BCUT2D eigenvalue weighted by Gasteiger charge is -2.22. The summed E-state index contributed by atoms with van der Waals surface area (Å²) in [5.41, 5.74) is 1.97. The van der Waals surface area contributed by atoms with Crippen molar-refractivity contribution in [3.8, 4) is 0 Å². The molecule has 0 radical (unpaired) electrons. The average Bonchev–Trinajstić information content (AvgIpc) is 2.84. The summed E-state index contributed by atoms with van der Waals surface area (Å²) < 4.78 is 7.47. The molecule has 0 atom stereocenters. The molecule has 0 aliphatic carbocycles. The molecule has 0 unspecified atom stereocenters. The van der Waals surface area contributed by atoms with Crippen molar-refractivity contribution >= 4 is 17.0 Å². The summed E-state index contributed by atoms with van der Waals surface area (Å²) >= 11 is 0. The summed E-state index contributed by atoms with van der Waals surface area (Å²) in [7, 11) is 0. The molecule has 106 valence electrons. The number of imidazole rings is 1. The summed E-state index contributed by atoms with van der Waals surface area (Å²) in [6, 6.07) is 7.92. The van der Waals surface area contributed by atoms with Gasteiger partial charge in [-0.2, -0.15) is 0 Å². The molecule has 5 heteroatoms. The Bertz CT molecular complexity index is 615. The standard InChI is InChI=1S/C15H18N2O3/c18-14(19)5-8-17-13-4-2-1-3-12(13)16-15(17)11-6-9-20-10-7-11/h1-4,11H,5-10H2,(H,18,19). The Balaban J connectivity index is 1.99. The number of carboxylic acid groups (broad SMARTS) is 1. The molecule has 1 aliphatic rings. The summed E-state index contributed by atoms with van der Waals surface area (Å²) in [6.07, 6.45) is 2.03. The second kappa shape index (κ2) is 5.63. The van der Waals surface area contributed by atoms with E-state index in [0.29, 0.717) is 12.5 Å². The highest BCUT2D eigenvalue weighted by molar-refractivity contribution is 5.76. The maximum Gasteiger partial charge on any atom is 0.305 e. The van der Waals surface area contributed by atoms with Crippen LogP contribution in [0.15, 0.2) is 24.3 Å². The minimum Gasteiger partial charge on any atom is -0.481 e. The van der Waals surface area contributed by atoms with E-state index in [1.54, 1.807) is 0 Å². The van der Waals surface area contributed by atoms with E-state index in [-0.39, 0.29) is 6.42 Å². The van der Waals surface area contributed by atoms with E-state index in [4.69, 9.17) is 14.8 Å². The predicted octanol–water partition coefficient (Wildman–Crippen LogP) is 2.41. The number of aromatic nitrogens is 2. The van der Waals surface area contributed by atoms with Crippen LogP contribution in [0.25, 0.3) is 11.0 Å². The zero-order chi connectivity index (χ0) is 13.9. The lowest BCUT2D eigenvalue weighted by atomic mass is 9.99. The Kier molecular flexibility index (Phi) is 3.69. The Morgan fingerprint density at radius 3 is 2.85 bits per heavy atom. The molecule has 2 aromatic rings. The molecular formula is C15H18N2O3. The largest absolute Gasteiger partial charge is 0.481 e. The van der Waals surface area contributed by atoms with Crippen molar-refractivity contribution in [2.24, 2.45) is 0 Å². The molecule has 0 saturated carbocycles. The molecule has 0 spiro atoms. The van der Waals surface area contributed by atoms with E-state index in [0.717, 1.165) is 42.9 Å². The molecular weight excluding hydrogens is 256 g/mol. The van der Waals surface area contributed by atoms with Crippen molar-refractivity contribution in [1.82, 2.24) is 9.55 Å². The lowest BCUT2D eigenvalue weighted by molar-refractivity contribution is -0.137. The highest BCUT2D eigenvalue weighted by Gasteiger charge is 2.22. The smallest absolute Gasteiger partial charge is 0.305 e. The third-order valence-corrected chi connectivity index (χ3v) is 3.82. The predicted molar refractivity (Wildman–Crippen MR) is 74.8 cm³/mol. The summed E-state index contributed by atoms with van der Waals surface area (Å²) in [5.74, 6) is 0.599. The van der Waals surface area contributed by atoms with E-state index in [1.807, 2.05) is 24.3 Å². The molecule has 1 fully saturated rings. The monoisotopic (exact) mass is 274 g/mol. The fourth-order valence-electron chi connectivity index (χ4n) is 2.80. The van der Waals surface area contributed by atoms with Gasteiger partial charge in [-0.05, 0) is 25.0 Å². The van der Waals surface area contributed by atoms with Crippen LogP contribution in [0.4, 0.5) is 0 Å². The van der Waals surface area contributed by atoms with Gasteiger partial charge in [0.1, 0.15) is 5.82 Å². The first-order valence-corrected chi connectivity index (χ1v) is 7.00. The summed E-state index contributed by atoms with van der Waals surface area (Å²) in [4.78, 5) is 15.6. The second-order valence-corrected chi connectivity index (χ2v) is 5.14. The minimum absolute atomic E-state index is 0.122. The summed E-state index contributed by atoms with van der Waals surface area (Å²) in [6.45, 7) is 1.99. The van der Waals surface area contributed by atoms with Crippen LogP contribution >= 0.6 is 0 Å². The Labute approximate surface area is 117 Å². The number of ether oxygens (including phenoxy) is 1. The first kappa shape index (κ1) is 13.1. The van der Waals surface area contributed by atoms with Gasteiger partial charge in [-0.15, -0.1) is 0 Å². The number of rotatable bonds is 4. The number of aliphatic carboxylic acids is 1. The Morgan fingerprint density at radius 1 is 1.35 bits per heavy atom. The van der Waals surface area contributed by atoms with E-state index >= 15 is 0 Å². The number of fused-ring (bicyclic) bond motifs is 1. The molecule has 3 rings (SSSR count). The number of para-hydroxylation sites is 2. The maximum atomic E-state index is 10.9. The van der Waals surface area contributed by atoms with Gasteiger partial charge >= 0.3 is 5.97 Å². The fraction of sp³-hybridized carbons (Fsp3) is 0.467. The van der Waals surface area contributed by atoms with Crippen molar-refractivity contribution in [3.63, 3.8) is 0 Å². The van der Waals surface area contributed by atoms with Gasteiger partial charge in [0, 0.05) is 25.7 Å². The van der Waals surface area contributed by atoms with Crippen molar-refractivity contribution in [2.45, 2.75) is 31.7 Å². The third kappa shape index (κ3) is 2.54. The van der Waals surface area contributed by atoms with Crippen LogP contribution in [-0.2, 0) is 16.1 Å². The van der Waals surface area contributed by atoms with Gasteiger partial charge in [-0.25, -0.2) is 4.98 Å². The Hall–Kier alpha value is -1.88. The molecule has 1 aliphatic heterocycles. The Morgan fingerprint density at radius 2 is 2.10 bits per heavy atom. The molecule has 2 heterocycles. The molecule has 5 nitrogen and oxygen atoms in total. The van der Waals surface area contributed by atoms with E-state index in [1.165, 1.54) is 0 Å². The van der Waals surface area contributed by atoms with Gasteiger partial charge in [-0.1, -0.05) is 12.1 Å². The van der Waals surface area contributed by atoms with Crippen molar-refractivity contribution in [3.05, 3.63) is 30.1 Å². The van der Waals surface area contributed by atoms with Crippen LogP contribution in [0.2, 0.25) is 0 Å². The minimum atomic E-state index is -0.777. The van der Waals surface area contributed by atoms with Gasteiger partial charge in [0.2, 0.25) is 0 Å². The average molecular weight is 274 g/mol. The van der Waals surface area contributed by atoms with Crippen LogP contribution in [-0.4, -0.2) is 33.8 Å². The number of benzene rings is 1. The van der Waals surface area contributed by atoms with Gasteiger partial charge in [0.15, 0.2) is 0 Å². The summed E-state index contributed by atoms with van der Waals surface area (Å²) in [5, 5.41) is 8.93. The first-order valence-electron chi connectivity index (χ1n) is 7.00. The molecule has 1 N–H and O–H groups in total. The highest BCUT2D eigenvalue weighted by atomic mass is 16.5. The van der Waals surface area contributed by atoms with Crippen molar-refractivity contribution in [2.75, 3.05) is 13.2 Å². The van der Waals surface area contributed by atoms with Crippen LogP contribution < -0.4 is 0 Å². The first-order chi connectivity index (χ1) is 9.75. The van der Waals surface area contributed by atoms with Crippen LogP contribution in [0.1, 0.15) is 31.0 Å². The normalized spacial score (nSPS) is 16.6. The fourth-order valence-corrected chi connectivity index (χ4v) is 2.80. The van der Waals surface area contributed by atoms with Gasteiger partial charge in [-0.3, -0.25) is 4.79 Å². The van der Waals surface area contributed by atoms with Crippen LogP contribution in [0.5, 0.6) is 0 Å². The van der Waals surface area contributed by atoms with Crippen molar-refractivity contribution in [1.29, 1.82) is 0 Å². The van der Waals surface area contributed by atoms with E-state index < -0.39 is 5.97 Å². The van der Waals surface area contributed by atoms with E-state index in [9.17, 15) is 4.79 Å². The maximum absolute atomic E-state index is 10.9. The molecule has 1 aromatic carbocycles. The van der Waals surface area contributed by atoms with Gasteiger partial charge in [0.25, 0.3) is 0 Å². The third-order valence-electron chi connectivity index (χ3n) is 3.82. The van der Waals surface area contributed by atoms with Crippen molar-refractivity contribution < 1.29 is 14.6 Å². The quantitative estimate of drug-likeness (QED) is 0.929. The molecule has 20 heavy (non-hydrogen) atoms. The second-order valence-electron chi connectivity index (χ2n) is 5.14. The highest BCUT2D eigenvalue weighted by Crippen LogP contribution is 2.29. The molecule has 1 saturated heterocycles. The lowest BCUT2D eigenvalue weighted by Crippen LogP contribution is -2.18. The van der Waals surface area contributed by atoms with E-state index in [2.05, 4.69) is 4.57 Å². The molecule has 0 amide bonds.